The van der Waals surface area contributed by atoms with Crippen molar-refractivity contribution in [3.05, 3.63) is 59.5 Å². The summed E-state index contributed by atoms with van der Waals surface area (Å²) in [6, 6.07) is 8.79. The summed E-state index contributed by atoms with van der Waals surface area (Å²) in [7, 11) is 0. The molecule has 1 aromatic heterocycles. The van der Waals surface area contributed by atoms with Crippen LogP contribution in [0, 0.1) is 5.82 Å². The first kappa shape index (κ1) is 26.2. The highest BCUT2D eigenvalue weighted by Gasteiger charge is 2.28. The van der Waals surface area contributed by atoms with Crippen LogP contribution in [0.5, 0.6) is 5.88 Å². The minimum Gasteiger partial charge on any atom is -0.468 e. The van der Waals surface area contributed by atoms with Gasteiger partial charge in [0.05, 0.1) is 6.61 Å². The smallest absolute Gasteiger partial charge is 0.422 e. The maximum Gasteiger partial charge on any atom is 0.422 e. The highest BCUT2D eigenvalue weighted by atomic mass is 19.4. The number of pyridine rings is 1. The van der Waals surface area contributed by atoms with Crippen LogP contribution < -0.4 is 15.8 Å². The number of nitrogens with two attached hydrogens (primary N) is 1. The zero-order chi connectivity index (χ0) is 23.3. The number of halogens is 4. The summed E-state index contributed by atoms with van der Waals surface area (Å²) in [6.07, 6.45) is -2.07. The fraction of sp³-hybridized carbons (Fsp3) is 0.429. The third-order valence-corrected chi connectivity index (χ3v) is 3.92. The molecular weight excluding hydrogens is 418 g/mol. The summed E-state index contributed by atoms with van der Waals surface area (Å²) in [5, 5.41) is 2.29. The van der Waals surface area contributed by atoms with Crippen LogP contribution in [0.2, 0.25) is 0 Å². The predicted molar refractivity (Wildman–Crippen MR) is 108 cm³/mol. The van der Waals surface area contributed by atoms with Crippen molar-refractivity contribution in [2.45, 2.75) is 38.9 Å². The molecule has 0 radical (unpaired) electrons. The summed E-state index contributed by atoms with van der Waals surface area (Å²) < 4.78 is 57.8. The number of alkyl halides is 3. The van der Waals surface area contributed by atoms with Crippen molar-refractivity contribution in [1.82, 2.24) is 10.3 Å². The summed E-state index contributed by atoms with van der Waals surface area (Å²) in [5.74, 6) is 0.148. The Balaban J connectivity index is 0.000000300. The number of carbonyl (C=O) groups is 1. The molecule has 1 atom stereocenters. The van der Waals surface area contributed by atoms with Gasteiger partial charge in [0.15, 0.2) is 6.61 Å². The molecule has 1 saturated heterocycles. The Kier molecular flexibility index (Phi) is 11.3. The van der Waals surface area contributed by atoms with Gasteiger partial charge in [-0.2, -0.15) is 13.2 Å². The van der Waals surface area contributed by atoms with Crippen molar-refractivity contribution < 1.29 is 31.8 Å². The van der Waals surface area contributed by atoms with Crippen LogP contribution in [0.3, 0.4) is 0 Å². The third-order valence-electron chi connectivity index (χ3n) is 3.92. The van der Waals surface area contributed by atoms with Crippen LogP contribution >= 0.6 is 0 Å². The first-order valence-electron chi connectivity index (χ1n) is 9.74. The highest BCUT2D eigenvalue weighted by molar-refractivity contribution is 5.71. The molecule has 2 heterocycles. The molecule has 31 heavy (non-hydrogen) atoms. The zero-order valence-electron chi connectivity index (χ0n) is 17.4. The molecule has 3 rings (SSSR count). The molecule has 0 bridgehead atoms. The van der Waals surface area contributed by atoms with Gasteiger partial charge in [-0.15, -0.1) is 0 Å². The Hall–Kier alpha value is -2.88. The lowest BCUT2D eigenvalue weighted by Crippen LogP contribution is -2.28. The largest absolute Gasteiger partial charge is 0.468 e. The SMILES string of the molecule is CC.Fc1ccc(C2CCOC2)cc1.NC(=O)NCc1ccnc(OCC(F)(F)F)c1. The van der Waals surface area contributed by atoms with Gasteiger partial charge in [-0.1, -0.05) is 26.0 Å². The minimum absolute atomic E-state index is 0.0975. The van der Waals surface area contributed by atoms with Crippen LogP contribution in [0.1, 0.15) is 37.3 Å². The Morgan fingerprint density at radius 3 is 2.48 bits per heavy atom. The van der Waals surface area contributed by atoms with Gasteiger partial charge in [0.25, 0.3) is 0 Å². The molecule has 3 N–H and O–H groups in total. The lowest BCUT2D eigenvalue weighted by atomic mass is 9.99. The topological polar surface area (TPSA) is 86.5 Å². The predicted octanol–water partition coefficient (Wildman–Crippen LogP) is 4.55. The Bertz CT molecular complexity index is 780. The Labute approximate surface area is 178 Å². The van der Waals surface area contributed by atoms with E-state index in [0.717, 1.165) is 19.6 Å². The summed E-state index contributed by atoms with van der Waals surface area (Å²) in [5.41, 5.74) is 6.58. The van der Waals surface area contributed by atoms with E-state index < -0.39 is 18.8 Å². The van der Waals surface area contributed by atoms with E-state index in [4.69, 9.17) is 10.5 Å². The number of rotatable bonds is 5. The number of hydrogen-bond donors (Lipinski definition) is 2. The number of aromatic nitrogens is 1. The molecular formula is C21H27F4N3O3. The van der Waals surface area contributed by atoms with Crippen molar-refractivity contribution in [3.63, 3.8) is 0 Å². The number of urea groups is 1. The van der Waals surface area contributed by atoms with E-state index in [-0.39, 0.29) is 18.2 Å². The van der Waals surface area contributed by atoms with Gasteiger partial charge in [-0.25, -0.2) is 14.2 Å². The number of ether oxygens (including phenoxy) is 2. The number of nitrogens with one attached hydrogen (secondary N) is 1. The molecule has 0 aliphatic carbocycles. The molecule has 0 spiro atoms. The van der Waals surface area contributed by atoms with Crippen molar-refractivity contribution >= 4 is 6.03 Å². The number of hydrogen-bond acceptors (Lipinski definition) is 4. The van der Waals surface area contributed by atoms with Crippen molar-refractivity contribution in [2.24, 2.45) is 5.73 Å². The van der Waals surface area contributed by atoms with Crippen molar-refractivity contribution in [2.75, 3.05) is 19.8 Å². The van der Waals surface area contributed by atoms with Gasteiger partial charge < -0.3 is 20.5 Å². The van der Waals surface area contributed by atoms with Crippen LogP contribution in [0.25, 0.3) is 0 Å². The second kappa shape index (κ2) is 13.4. The molecule has 10 heteroatoms. The van der Waals surface area contributed by atoms with E-state index in [0.29, 0.717) is 11.5 Å². The number of amides is 2. The van der Waals surface area contributed by atoms with E-state index in [2.05, 4.69) is 15.0 Å². The fourth-order valence-corrected chi connectivity index (χ4v) is 2.52. The van der Waals surface area contributed by atoms with Gasteiger partial charge in [0.1, 0.15) is 5.82 Å². The average molecular weight is 445 g/mol. The van der Waals surface area contributed by atoms with Crippen LogP contribution in [-0.4, -0.2) is 37.0 Å². The minimum atomic E-state index is -4.41. The van der Waals surface area contributed by atoms with Gasteiger partial charge in [0, 0.05) is 31.3 Å². The molecule has 2 aromatic rings. The van der Waals surface area contributed by atoms with E-state index in [1.807, 2.05) is 26.0 Å². The number of primary amides is 1. The molecule has 6 nitrogen and oxygen atoms in total. The van der Waals surface area contributed by atoms with Crippen LogP contribution in [0.4, 0.5) is 22.4 Å². The van der Waals surface area contributed by atoms with Crippen LogP contribution in [-0.2, 0) is 11.3 Å². The van der Waals surface area contributed by atoms with Gasteiger partial charge in [-0.3, -0.25) is 0 Å². The normalized spacial score (nSPS) is 15.1. The second-order valence-corrected chi connectivity index (χ2v) is 6.24. The molecule has 1 fully saturated rings. The summed E-state index contributed by atoms with van der Waals surface area (Å²) in [6.45, 7) is 4.31. The summed E-state index contributed by atoms with van der Waals surface area (Å²) in [4.78, 5) is 14.0. The molecule has 2 amide bonds. The maximum absolute atomic E-state index is 12.5. The molecule has 172 valence electrons. The number of nitrogens with zero attached hydrogens (tertiary/aromatic N) is 1. The Morgan fingerprint density at radius 1 is 1.26 bits per heavy atom. The third kappa shape index (κ3) is 11.2. The monoisotopic (exact) mass is 445 g/mol. The fourth-order valence-electron chi connectivity index (χ4n) is 2.52. The molecule has 0 saturated carbocycles. The Morgan fingerprint density at radius 2 is 1.94 bits per heavy atom. The molecule has 1 aliphatic rings. The summed E-state index contributed by atoms with van der Waals surface area (Å²) >= 11 is 0. The number of benzene rings is 1. The molecule has 1 aliphatic heterocycles. The zero-order valence-corrected chi connectivity index (χ0v) is 17.4. The van der Waals surface area contributed by atoms with E-state index in [9.17, 15) is 22.4 Å². The van der Waals surface area contributed by atoms with E-state index in [1.54, 1.807) is 0 Å². The average Bonchev–Trinajstić information content (AvgIpc) is 3.28. The van der Waals surface area contributed by atoms with Crippen molar-refractivity contribution in [3.8, 4) is 5.88 Å². The van der Waals surface area contributed by atoms with E-state index in [1.165, 1.54) is 36.0 Å². The standard InChI is InChI=1S/C10H11FO.C9H10F3N3O2.C2H6/c11-10-3-1-8(2-4-10)9-5-6-12-7-9;10-9(11,12)5-17-7-3-6(1-2-14-7)4-15-8(13)16;1-2/h1-4,9H,5-7H2;1-3H,4-5H2,(H3,13,15,16);1-2H3. The first-order valence-corrected chi connectivity index (χ1v) is 9.74. The van der Waals surface area contributed by atoms with Gasteiger partial charge >= 0.3 is 12.2 Å². The number of carbonyl (C=O) groups excluding carboxylic acids is 1. The molecule has 1 aromatic carbocycles. The lowest BCUT2D eigenvalue weighted by molar-refractivity contribution is -0.154. The molecule has 1 unspecified atom stereocenters. The van der Waals surface area contributed by atoms with E-state index >= 15 is 0 Å². The van der Waals surface area contributed by atoms with Gasteiger partial charge in [-0.05, 0) is 35.7 Å². The van der Waals surface area contributed by atoms with Crippen molar-refractivity contribution in [1.29, 1.82) is 0 Å². The second-order valence-electron chi connectivity index (χ2n) is 6.24. The quantitative estimate of drug-likeness (QED) is 0.662. The highest BCUT2D eigenvalue weighted by Crippen LogP contribution is 2.24. The van der Waals surface area contributed by atoms with Gasteiger partial charge in [0.2, 0.25) is 5.88 Å². The lowest BCUT2D eigenvalue weighted by Gasteiger charge is -2.09. The maximum atomic E-state index is 12.5. The first-order chi connectivity index (χ1) is 14.7. The van der Waals surface area contributed by atoms with Crippen LogP contribution in [0.15, 0.2) is 42.6 Å².